The van der Waals surface area contributed by atoms with E-state index in [0.29, 0.717) is 17.1 Å². The van der Waals surface area contributed by atoms with Crippen molar-refractivity contribution in [3.63, 3.8) is 0 Å². The van der Waals surface area contributed by atoms with E-state index in [-0.39, 0.29) is 41.2 Å². The third-order valence-corrected chi connectivity index (χ3v) is 5.70. The molecule has 0 spiro atoms. The lowest BCUT2D eigenvalue weighted by Crippen LogP contribution is -2.41. The highest BCUT2D eigenvalue weighted by Gasteiger charge is 2.23. The summed E-state index contributed by atoms with van der Waals surface area (Å²) >= 11 is 0. The van der Waals surface area contributed by atoms with Gasteiger partial charge in [-0.3, -0.25) is 19.4 Å². The Bertz CT molecular complexity index is 1670. The topological polar surface area (TPSA) is 245 Å². The third-order valence-electron chi connectivity index (χ3n) is 5.70. The number of carbonyl (C=O) groups excluding carboxylic acids is 3. The van der Waals surface area contributed by atoms with Crippen LogP contribution in [0.25, 0.3) is 11.2 Å². The van der Waals surface area contributed by atoms with E-state index in [0.717, 1.165) is 0 Å². The Hall–Kier alpha value is -5.86. The Kier molecular flexibility index (Phi) is 8.47. The second kappa shape index (κ2) is 12.3. The number of nitrogens with one attached hydrogen (secondary N) is 3. The summed E-state index contributed by atoms with van der Waals surface area (Å²) in [6, 6.07) is 10.4. The summed E-state index contributed by atoms with van der Waals surface area (Å²) in [4.78, 5) is 75.0. The van der Waals surface area contributed by atoms with E-state index in [1.165, 1.54) is 42.6 Å². The normalized spacial score (nSPS) is 11.4. The first kappa shape index (κ1) is 28.2. The van der Waals surface area contributed by atoms with Crippen LogP contribution in [0, 0.1) is 0 Å². The maximum atomic E-state index is 12.6. The molecule has 1 atom stereocenters. The summed E-state index contributed by atoms with van der Waals surface area (Å²) in [5.41, 5.74) is 12.5. The van der Waals surface area contributed by atoms with Gasteiger partial charge in [-0.15, -0.1) is 0 Å². The molecule has 1 amide bonds. The zero-order chi connectivity index (χ0) is 29.5. The first-order chi connectivity index (χ1) is 19.6. The van der Waals surface area contributed by atoms with E-state index in [9.17, 15) is 29.1 Å². The quantitative estimate of drug-likeness (QED) is 0.0895. The Morgan fingerprint density at radius 3 is 2.34 bits per heavy atom. The molecule has 0 radical (unpaired) electrons. The van der Waals surface area contributed by atoms with E-state index in [4.69, 9.17) is 16.2 Å². The largest absolute Gasteiger partial charge is 0.480 e. The van der Waals surface area contributed by atoms with Crippen LogP contribution in [-0.2, 0) is 20.9 Å². The fourth-order valence-corrected chi connectivity index (χ4v) is 3.58. The van der Waals surface area contributed by atoms with Crippen LogP contribution in [0.5, 0.6) is 0 Å². The number of carboxylic acid groups (broad SMARTS) is 1. The van der Waals surface area contributed by atoms with Gasteiger partial charge in [-0.2, -0.15) is 4.98 Å². The van der Waals surface area contributed by atoms with Gasteiger partial charge in [0.25, 0.3) is 11.5 Å². The number of fused-ring (bicyclic) bond motifs is 1. The van der Waals surface area contributed by atoms with Crippen molar-refractivity contribution in [2.24, 2.45) is 0 Å². The number of carbonyl (C=O) groups is 4. The molecule has 0 aliphatic carbocycles. The molecule has 1 unspecified atom stereocenters. The highest BCUT2D eigenvalue weighted by Crippen LogP contribution is 2.13. The summed E-state index contributed by atoms with van der Waals surface area (Å²) in [5.74, 6) is -3.94. The number of ether oxygens (including phenoxy) is 1. The standard InChI is InChI=1S/C26H24N8O7/c27-15-5-1-14(2-6-15)25(40)41-19(35)10-9-18(24(38)39)32-22(36)13-3-7-16(8-4-13)29-11-17-12-30-21-20(31-17)23(37)34-26(28)33-21/h1-8,12,18,29H,9-11,27H2,(H,32,36)(H,38,39)(H3,28,30,33,34,37). The molecule has 0 fully saturated rings. The highest BCUT2D eigenvalue weighted by atomic mass is 16.6. The summed E-state index contributed by atoms with van der Waals surface area (Å²) in [5, 5.41) is 14.9. The van der Waals surface area contributed by atoms with E-state index < -0.39 is 41.8 Å². The number of nitrogens with two attached hydrogens (primary N) is 2. The fraction of sp³-hybridized carbons (Fsp3) is 0.154. The van der Waals surface area contributed by atoms with Gasteiger partial charge >= 0.3 is 17.9 Å². The fourth-order valence-electron chi connectivity index (χ4n) is 3.58. The summed E-state index contributed by atoms with van der Waals surface area (Å²) in [6.07, 6.45) is 0.721. The number of benzene rings is 2. The monoisotopic (exact) mass is 560 g/mol. The maximum Gasteiger partial charge on any atom is 0.345 e. The molecule has 0 aliphatic rings. The average molecular weight is 561 g/mol. The zero-order valence-electron chi connectivity index (χ0n) is 21.3. The number of rotatable bonds is 10. The lowest BCUT2D eigenvalue weighted by Gasteiger charge is -2.14. The van der Waals surface area contributed by atoms with Crippen molar-refractivity contribution in [2.45, 2.75) is 25.4 Å². The average Bonchev–Trinajstić information content (AvgIpc) is 2.94. The minimum absolute atomic E-state index is 0.0418. The molecule has 41 heavy (non-hydrogen) atoms. The van der Waals surface area contributed by atoms with Gasteiger partial charge in [-0.1, -0.05) is 0 Å². The number of aromatic nitrogens is 4. The highest BCUT2D eigenvalue weighted by molar-refractivity contribution is 5.98. The number of hydrogen-bond acceptors (Lipinski definition) is 12. The number of aromatic amines is 1. The van der Waals surface area contributed by atoms with Gasteiger partial charge in [-0.05, 0) is 55.0 Å². The lowest BCUT2D eigenvalue weighted by molar-refractivity contribution is -0.140. The zero-order valence-corrected chi connectivity index (χ0v) is 21.3. The van der Waals surface area contributed by atoms with Crippen molar-refractivity contribution in [1.82, 2.24) is 25.3 Å². The van der Waals surface area contributed by atoms with Gasteiger partial charge in [0.2, 0.25) is 5.95 Å². The molecule has 4 rings (SSSR count). The smallest absolute Gasteiger partial charge is 0.345 e. The molecule has 15 heteroatoms. The molecule has 2 heterocycles. The molecule has 8 N–H and O–H groups in total. The molecule has 15 nitrogen and oxygen atoms in total. The van der Waals surface area contributed by atoms with Crippen LogP contribution >= 0.6 is 0 Å². The maximum absolute atomic E-state index is 12.6. The van der Waals surface area contributed by atoms with Crippen LogP contribution in [0.4, 0.5) is 17.3 Å². The molecular formula is C26H24N8O7. The van der Waals surface area contributed by atoms with Crippen LogP contribution < -0.4 is 27.7 Å². The Morgan fingerprint density at radius 2 is 1.66 bits per heavy atom. The number of nitrogen functional groups attached to an aromatic ring is 2. The van der Waals surface area contributed by atoms with Gasteiger partial charge in [0.05, 0.1) is 24.0 Å². The van der Waals surface area contributed by atoms with E-state index in [1.807, 2.05) is 0 Å². The van der Waals surface area contributed by atoms with Crippen molar-refractivity contribution >= 4 is 52.3 Å². The van der Waals surface area contributed by atoms with E-state index in [2.05, 4.69) is 30.6 Å². The molecule has 4 aromatic rings. The number of nitrogens with zero attached hydrogens (tertiary/aromatic N) is 3. The number of carboxylic acids is 1. The van der Waals surface area contributed by atoms with Crippen molar-refractivity contribution in [3.8, 4) is 0 Å². The predicted molar refractivity (Wildman–Crippen MR) is 146 cm³/mol. The second-order valence-corrected chi connectivity index (χ2v) is 8.70. The Balaban J connectivity index is 1.29. The van der Waals surface area contributed by atoms with E-state index in [1.54, 1.807) is 12.1 Å². The Morgan fingerprint density at radius 1 is 0.976 bits per heavy atom. The number of aliphatic carboxylic acids is 1. The summed E-state index contributed by atoms with van der Waals surface area (Å²) in [6.45, 7) is 0.205. The van der Waals surface area contributed by atoms with Crippen LogP contribution in [0.3, 0.4) is 0 Å². The number of anilines is 3. The van der Waals surface area contributed by atoms with Gasteiger partial charge in [0.15, 0.2) is 11.2 Å². The molecule has 2 aromatic heterocycles. The van der Waals surface area contributed by atoms with Crippen LogP contribution in [0.15, 0.2) is 59.5 Å². The number of amides is 1. The number of esters is 2. The van der Waals surface area contributed by atoms with Gasteiger partial charge < -0.3 is 31.9 Å². The Labute approximate surface area is 231 Å². The number of hydrogen-bond donors (Lipinski definition) is 6. The van der Waals surface area contributed by atoms with E-state index >= 15 is 0 Å². The van der Waals surface area contributed by atoms with Crippen molar-refractivity contribution in [3.05, 3.63) is 81.9 Å². The second-order valence-electron chi connectivity index (χ2n) is 8.70. The van der Waals surface area contributed by atoms with Crippen LogP contribution in [0.2, 0.25) is 0 Å². The van der Waals surface area contributed by atoms with Crippen molar-refractivity contribution < 1.29 is 29.0 Å². The molecular weight excluding hydrogens is 536 g/mol. The minimum atomic E-state index is -1.40. The number of H-pyrrole nitrogens is 1. The minimum Gasteiger partial charge on any atom is -0.480 e. The predicted octanol–water partition coefficient (Wildman–Crippen LogP) is 0.836. The summed E-state index contributed by atoms with van der Waals surface area (Å²) in [7, 11) is 0. The molecule has 2 aromatic carbocycles. The van der Waals surface area contributed by atoms with Gasteiger partial charge in [-0.25, -0.2) is 19.6 Å². The van der Waals surface area contributed by atoms with Crippen molar-refractivity contribution in [2.75, 3.05) is 16.8 Å². The molecule has 210 valence electrons. The van der Waals surface area contributed by atoms with Gasteiger partial charge in [0, 0.05) is 23.4 Å². The molecule has 0 bridgehead atoms. The van der Waals surface area contributed by atoms with Crippen LogP contribution in [-0.4, -0.2) is 54.9 Å². The van der Waals surface area contributed by atoms with Crippen LogP contribution in [0.1, 0.15) is 39.3 Å². The molecule has 0 saturated heterocycles. The third kappa shape index (κ3) is 7.38. The lowest BCUT2D eigenvalue weighted by atomic mass is 10.1. The van der Waals surface area contributed by atoms with Gasteiger partial charge in [0.1, 0.15) is 6.04 Å². The van der Waals surface area contributed by atoms with Crippen molar-refractivity contribution in [1.29, 1.82) is 0 Å². The first-order valence-electron chi connectivity index (χ1n) is 12.1. The molecule has 0 aliphatic heterocycles. The SMILES string of the molecule is Nc1ccc(C(=O)OC(=O)CCC(NC(=O)c2ccc(NCc3cnc4nc(N)[nH]c(=O)c4n3)cc2)C(=O)O)cc1. The molecule has 0 saturated carbocycles. The summed E-state index contributed by atoms with van der Waals surface area (Å²) < 4.78 is 4.73. The first-order valence-corrected chi connectivity index (χ1v) is 12.1.